The molecular weight excluding hydrogens is 461 g/mol. The van der Waals surface area contributed by atoms with Gasteiger partial charge in [-0.05, 0) is 48.0 Å². The fourth-order valence-electron chi connectivity index (χ4n) is 3.12. The summed E-state index contributed by atoms with van der Waals surface area (Å²) in [7, 11) is 0. The van der Waals surface area contributed by atoms with E-state index < -0.39 is 29.5 Å². The highest BCUT2D eigenvalue weighted by Gasteiger charge is 2.30. The van der Waals surface area contributed by atoms with Gasteiger partial charge in [0.05, 0.1) is 18.6 Å². The monoisotopic (exact) mass is 484 g/mol. The van der Waals surface area contributed by atoms with Crippen molar-refractivity contribution in [3.8, 4) is 0 Å². The van der Waals surface area contributed by atoms with Gasteiger partial charge in [0, 0.05) is 29.8 Å². The molecule has 0 heterocycles. The Kier molecular flexibility index (Phi) is 8.61. The molecule has 3 aromatic rings. The molecule has 0 aliphatic heterocycles. The summed E-state index contributed by atoms with van der Waals surface area (Å²) in [6.07, 6.45) is -4.06. The van der Waals surface area contributed by atoms with Crippen LogP contribution in [0.3, 0.4) is 0 Å². The van der Waals surface area contributed by atoms with Crippen LogP contribution in [0, 0.1) is 0 Å². The number of anilines is 2. The quantitative estimate of drug-likeness (QED) is 0.395. The summed E-state index contributed by atoms with van der Waals surface area (Å²) in [4.78, 5) is 36.3. The van der Waals surface area contributed by atoms with Gasteiger partial charge in [-0.2, -0.15) is 13.2 Å². The molecule has 0 fully saturated rings. The maximum Gasteiger partial charge on any atom is 0.416 e. The number of benzene rings is 3. The van der Waals surface area contributed by atoms with Crippen LogP contribution in [0.2, 0.25) is 0 Å². The van der Waals surface area contributed by atoms with E-state index in [9.17, 15) is 27.6 Å². The van der Waals surface area contributed by atoms with Crippen molar-refractivity contribution in [1.82, 2.24) is 0 Å². The Hall–Kier alpha value is -4.14. The molecule has 0 aromatic heterocycles. The van der Waals surface area contributed by atoms with E-state index in [0.29, 0.717) is 12.1 Å². The van der Waals surface area contributed by atoms with E-state index >= 15 is 0 Å². The highest BCUT2D eigenvalue weighted by atomic mass is 19.4. The zero-order chi connectivity index (χ0) is 25.3. The average Bonchev–Trinajstić information content (AvgIpc) is 2.83. The number of carbonyl (C=O) groups excluding carboxylic acids is 3. The lowest BCUT2D eigenvalue weighted by Crippen LogP contribution is -2.16. The summed E-state index contributed by atoms with van der Waals surface area (Å²) in [6, 6.07) is 19.7. The molecule has 0 atom stereocenters. The van der Waals surface area contributed by atoms with Crippen molar-refractivity contribution in [1.29, 1.82) is 0 Å². The van der Waals surface area contributed by atoms with Gasteiger partial charge in [-0.25, -0.2) is 0 Å². The fraction of sp³-hybridized carbons (Fsp3) is 0.192. The second-order valence-corrected chi connectivity index (χ2v) is 7.61. The maximum absolute atomic E-state index is 12.8. The van der Waals surface area contributed by atoms with Crippen molar-refractivity contribution in [3.63, 3.8) is 0 Å². The van der Waals surface area contributed by atoms with E-state index in [0.717, 1.165) is 17.7 Å². The molecule has 0 bridgehead atoms. The number of esters is 1. The van der Waals surface area contributed by atoms with Gasteiger partial charge >= 0.3 is 12.1 Å². The molecule has 0 saturated heterocycles. The fourth-order valence-corrected chi connectivity index (χ4v) is 3.12. The van der Waals surface area contributed by atoms with Crippen molar-refractivity contribution in [2.75, 3.05) is 17.2 Å². The first-order valence-corrected chi connectivity index (χ1v) is 10.8. The molecule has 0 aliphatic carbocycles. The van der Waals surface area contributed by atoms with Gasteiger partial charge in [-0.15, -0.1) is 0 Å². The number of hydrogen-bond donors (Lipinski definition) is 2. The van der Waals surface area contributed by atoms with Crippen molar-refractivity contribution in [2.24, 2.45) is 0 Å². The number of alkyl halides is 3. The minimum absolute atomic E-state index is 0.0119. The Bertz CT molecular complexity index is 1160. The molecular formula is C26H23F3N2O4. The van der Waals surface area contributed by atoms with Gasteiger partial charge in [0.25, 0.3) is 5.91 Å². The first-order chi connectivity index (χ1) is 16.7. The van der Waals surface area contributed by atoms with Crippen LogP contribution in [0.25, 0.3) is 0 Å². The third-order valence-corrected chi connectivity index (χ3v) is 4.93. The Morgan fingerprint density at radius 2 is 1.49 bits per heavy atom. The van der Waals surface area contributed by atoms with Crippen molar-refractivity contribution < 1.29 is 32.3 Å². The summed E-state index contributed by atoms with van der Waals surface area (Å²) in [5.74, 6) is -1.47. The van der Waals surface area contributed by atoms with Gasteiger partial charge < -0.3 is 15.4 Å². The highest BCUT2D eigenvalue weighted by molar-refractivity contribution is 6.04. The molecule has 0 radical (unpaired) electrons. The largest absolute Gasteiger partial charge is 0.465 e. The molecule has 3 rings (SSSR count). The van der Waals surface area contributed by atoms with Crippen LogP contribution in [-0.2, 0) is 26.9 Å². The third-order valence-electron chi connectivity index (χ3n) is 4.93. The van der Waals surface area contributed by atoms with Gasteiger partial charge in [0.15, 0.2) is 0 Å². The number of rotatable bonds is 9. The lowest BCUT2D eigenvalue weighted by Gasteiger charge is -2.10. The second kappa shape index (κ2) is 11.8. The highest BCUT2D eigenvalue weighted by Crippen LogP contribution is 2.30. The molecule has 2 amide bonds. The molecule has 0 saturated carbocycles. The third kappa shape index (κ3) is 8.29. The molecule has 182 valence electrons. The normalized spacial score (nSPS) is 10.9. The minimum Gasteiger partial charge on any atom is -0.465 e. The number of ether oxygens (including phenoxy) is 1. The Labute approximate surface area is 200 Å². The Balaban J connectivity index is 1.42. The smallest absolute Gasteiger partial charge is 0.416 e. The zero-order valence-corrected chi connectivity index (χ0v) is 18.6. The van der Waals surface area contributed by atoms with Gasteiger partial charge in [-0.3, -0.25) is 14.4 Å². The molecule has 3 aromatic carbocycles. The molecule has 6 nitrogen and oxygen atoms in total. The topological polar surface area (TPSA) is 84.5 Å². The van der Waals surface area contributed by atoms with Crippen LogP contribution < -0.4 is 10.6 Å². The number of amides is 2. The summed E-state index contributed by atoms with van der Waals surface area (Å²) in [5, 5.41) is 5.03. The molecule has 9 heteroatoms. The van der Waals surface area contributed by atoms with E-state index in [1.54, 1.807) is 0 Å². The summed E-state index contributed by atoms with van der Waals surface area (Å²) < 4.78 is 43.6. The Morgan fingerprint density at radius 1 is 0.771 bits per heavy atom. The SMILES string of the molecule is O=C(CCC(=O)OCCc1ccccc1)Nc1ccc(C(=O)Nc2cccc(C(F)(F)F)c2)cc1. The summed E-state index contributed by atoms with van der Waals surface area (Å²) in [5.41, 5.74) is 0.793. The van der Waals surface area contributed by atoms with Crippen LogP contribution in [-0.4, -0.2) is 24.4 Å². The predicted molar refractivity (Wildman–Crippen MR) is 125 cm³/mol. The van der Waals surface area contributed by atoms with Crippen molar-refractivity contribution in [2.45, 2.75) is 25.4 Å². The van der Waals surface area contributed by atoms with Crippen molar-refractivity contribution in [3.05, 3.63) is 95.6 Å². The number of hydrogen-bond acceptors (Lipinski definition) is 4. The van der Waals surface area contributed by atoms with Gasteiger partial charge in [0.2, 0.25) is 5.91 Å². The van der Waals surface area contributed by atoms with Crippen LogP contribution >= 0.6 is 0 Å². The standard InChI is InChI=1S/C26H23F3N2O4/c27-26(28,29)20-7-4-8-22(17-20)31-25(34)19-9-11-21(12-10-19)30-23(32)13-14-24(33)35-16-15-18-5-2-1-3-6-18/h1-12,17H,13-16H2,(H,30,32)(H,31,34). The first kappa shape index (κ1) is 25.5. The maximum atomic E-state index is 12.8. The van der Waals surface area contributed by atoms with Gasteiger partial charge in [0.1, 0.15) is 0 Å². The molecule has 0 spiro atoms. The minimum atomic E-state index is -4.51. The lowest BCUT2D eigenvalue weighted by atomic mass is 10.1. The van der Waals surface area contributed by atoms with E-state index in [4.69, 9.17) is 4.74 Å². The summed E-state index contributed by atoms with van der Waals surface area (Å²) >= 11 is 0. The van der Waals surface area contributed by atoms with Crippen LogP contribution in [0.1, 0.15) is 34.3 Å². The van der Waals surface area contributed by atoms with E-state index in [1.807, 2.05) is 30.3 Å². The number of nitrogens with one attached hydrogen (secondary N) is 2. The van der Waals surface area contributed by atoms with Crippen LogP contribution in [0.5, 0.6) is 0 Å². The average molecular weight is 484 g/mol. The van der Waals surface area contributed by atoms with E-state index in [2.05, 4.69) is 10.6 Å². The number of halogens is 3. The zero-order valence-electron chi connectivity index (χ0n) is 18.6. The first-order valence-electron chi connectivity index (χ1n) is 10.8. The molecule has 35 heavy (non-hydrogen) atoms. The summed E-state index contributed by atoms with van der Waals surface area (Å²) in [6.45, 7) is 0.231. The van der Waals surface area contributed by atoms with Crippen molar-refractivity contribution >= 4 is 29.2 Å². The van der Waals surface area contributed by atoms with E-state index in [-0.39, 0.29) is 30.7 Å². The Morgan fingerprint density at radius 3 is 2.17 bits per heavy atom. The van der Waals surface area contributed by atoms with Crippen LogP contribution in [0.4, 0.5) is 24.5 Å². The molecule has 0 unspecified atom stereocenters. The second-order valence-electron chi connectivity index (χ2n) is 7.61. The number of carbonyl (C=O) groups is 3. The predicted octanol–water partition coefficient (Wildman–Crippen LogP) is 5.46. The lowest BCUT2D eigenvalue weighted by molar-refractivity contribution is -0.144. The molecule has 2 N–H and O–H groups in total. The van der Waals surface area contributed by atoms with Crippen LogP contribution in [0.15, 0.2) is 78.9 Å². The molecule has 0 aliphatic rings. The van der Waals surface area contributed by atoms with Gasteiger partial charge in [-0.1, -0.05) is 36.4 Å². The van der Waals surface area contributed by atoms with E-state index in [1.165, 1.54) is 36.4 Å².